The number of phenolic OH excluding ortho intramolecular Hbond substituents is 1. The maximum atomic E-state index is 12.6. The van der Waals surface area contributed by atoms with Crippen LogP contribution in [0, 0.1) is 10.1 Å². The Morgan fingerprint density at radius 1 is 1.43 bits per heavy atom. The third kappa shape index (κ3) is 4.02. The molecule has 0 spiro atoms. The minimum Gasteiger partial charge on any atom is -0.506 e. The van der Waals surface area contributed by atoms with Gasteiger partial charge >= 0.3 is 7.60 Å². The van der Waals surface area contributed by atoms with Gasteiger partial charge in [-0.05, 0) is 29.8 Å². The van der Waals surface area contributed by atoms with Gasteiger partial charge in [-0.1, -0.05) is 0 Å². The molecule has 118 valence electrons. The van der Waals surface area contributed by atoms with Crippen molar-refractivity contribution in [1.29, 1.82) is 0 Å². The van der Waals surface area contributed by atoms with Crippen molar-refractivity contribution in [3.63, 3.8) is 0 Å². The minimum absolute atomic E-state index is 0.0710. The Morgan fingerprint density at radius 2 is 1.95 bits per heavy atom. The molecule has 0 unspecified atom stereocenters. The summed E-state index contributed by atoms with van der Waals surface area (Å²) in [5, 5.41) is 20.9. The van der Waals surface area contributed by atoms with E-state index in [9.17, 15) is 19.8 Å². The molecule has 3 N–H and O–H groups in total. The highest BCUT2D eigenvalue weighted by molar-refractivity contribution is 9.10. The molecule has 0 amide bonds. The van der Waals surface area contributed by atoms with Crippen molar-refractivity contribution in [3.8, 4) is 5.75 Å². The third-order valence-electron chi connectivity index (χ3n) is 2.57. The van der Waals surface area contributed by atoms with Crippen LogP contribution < -0.4 is 5.73 Å². The number of non-ortho nitro benzene ring substituents is 1. The summed E-state index contributed by atoms with van der Waals surface area (Å²) in [6.45, 7) is 3.40. The van der Waals surface area contributed by atoms with Crippen LogP contribution in [-0.2, 0) is 13.6 Å². The lowest BCUT2D eigenvalue weighted by atomic mass is 10.2. The second-order valence-electron chi connectivity index (χ2n) is 3.94. The van der Waals surface area contributed by atoms with Crippen LogP contribution in [0.15, 0.2) is 16.6 Å². The Kier molecular flexibility index (Phi) is 6.30. The number of hydrogen-bond acceptors (Lipinski definition) is 7. The number of nitrogens with two attached hydrogens (primary N) is 1. The van der Waals surface area contributed by atoms with Crippen LogP contribution in [0.4, 0.5) is 5.69 Å². The van der Waals surface area contributed by atoms with E-state index in [1.807, 2.05) is 0 Å². The summed E-state index contributed by atoms with van der Waals surface area (Å²) in [5.74, 6) is -1.68. The molecule has 1 rings (SSSR count). The van der Waals surface area contributed by atoms with E-state index >= 15 is 0 Å². The van der Waals surface area contributed by atoms with E-state index in [1.54, 1.807) is 13.8 Å². The van der Waals surface area contributed by atoms with E-state index < -0.39 is 18.3 Å². The van der Waals surface area contributed by atoms with E-state index in [1.165, 1.54) is 0 Å². The summed E-state index contributed by atoms with van der Waals surface area (Å²) in [5.41, 5.74) is 5.48. The van der Waals surface area contributed by atoms with Crippen LogP contribution in [0.1, 0.15) is 25.2 Å². The summed E-state index contributed by atoms with van der Waals surface area (Å²) >= 11 is 3.00. The summed E-state index contributed by atoms with van der Waals surface area (Å²) in [4.78, 5) is 10.2. The van der Waals surface area contributed by atoms with E-state index in [2.05, 4.69) is 15.9 Å². The molecule has 0 saturated heterocycles. The van der Waals surface area contributed by atoms with Gasteiger partial charge in [-0.2, -0.15) is 0 Å². The fourth-order valence-corrected chi connectivity index (χ4v) is 3.78. The lowest BCUT2D eigenvalue weighted by Crippen LogP contribution is -2.15. The van der Waals surface area contributed by atoms with Crippen molar-refractivity contribution in [3.05, 3.63) is 32.3 Å². The molecule has 0 fully saturated rings. The topological polar surface area (TPSA) is 125 Å². The van der Waals surface area contributed by atoms with Gasteiger partial charge in [0.25, 0.3) is 5.69 Å². The average Bonchev–Trinajstić information content (AvgIpc) is 2.41. The molecular weight excluding hydrogens is 367 g/mol. The molecular formula is C11H16BrN2O6P. The highest BCUT2D eigenvalue weighted by Crippen LogP contribution is 2.60. The number of hydrogen-bond donors (Lipinski definition) is 2. The molecule has 0 radical (unpaired) electrons. The lowest BCUT2D eigenvalue weighted by Gasteiger charge is -2.24. The molecule has 0 saturated carbocycles. The van der Waals surface area contributed by atoms with Gasteiger partial charge in [0.2, 0.25) is 0 Å². The SMILES string of the molecule is CCOP(=O)(OCC)[C@H](N)c1cc([N+](=O)[O-])cc(Br)c1O. The molecule has 1 aromatic carbocycles. The van der Waals surface area contributed by atoms with Gasteiger partial charge < -0.3 is 19.9 Å². The quantitative estimate of drug-likeness (QED) is 0.420. The fraction of sp³-hybridized carbons (Fsp3) is 0.455. The summed E-state index contributed by atoms with van der Waals surface area (Å²) < 4.78 is 22.9. The number of halogens is 1. The molecule has 0 aliphatic rings. The highest BCUT2D eigenvalue weighted by atomic mass is 79.9. The van der Waals surface area contributed by atoms with Gasteiger partial charge in [-0.3, -0.25) is 14.7 Å². The third-order valence-corrected chi connectivity index (χ3v) is 5.37. The lowest BCUT2D eigenvalue weighted by molar-refractivity contribution is -0.385. The van der Waals surface area contributed by atoms with Crippen LogP contribution in [0.5, 0.6) is 5.75 Å². The molecule has 1 aromatic rings. The second-order valence-corrected chi connectivity index (χ2v) is 6.95. The maximum absolute atomic E-state index is 12.6. The van der Waals surface area contributed by atoms with E-state index in [0.717, 1.165) is 12.1 Å². The molecule has 0 bridgehead atoms. The van der Waals surface area contributed by atoms with Crippen molar-refractivity contribution < 1.29 is 23.6 Å². The number of nitrogens with zero attached hydrogens (tertiary/aromatic N) is 1. The van der Waals surface area contributed by atoms with Crippen LogP contribution in [-0.4, -0.2) is 23.2 Å². The number of benzene rings is 1. The van der Waals surface area contributed by atoms with Crippen LogP contribution in [0.25, 0.3) is 0 Å². The van der Waals surface area contributed by atoms with Crippen molar-refractivity contribution in [2.45, 2.75) is 19.6 Å². The molecule has 0 heterocycles. The fourth-order valence-electron chi connectivity index (χ4n) is 1.66. The maximum Gasteiger partial charge on any atom is 0.351 e. The standard InChI is InChI=1S/C11H16BrN2O6P/c1-3-19-21(18,20-4-2)11(13)8-5-7(14(16)17)6-9(12)10(8)15/h5-6,11,15H,3-4,13H2,1-2H3/t11-/m0/s1. The van der Waals surface area contributed by atoms with Crippen LogP contribution >= 0.6 is 23.5 Å². The Bertz CT molecular complexity index is 572. The Morgan fingerprint density at radius 3 is 2.38 bits per heavy atom. The summed E-state index contributed by atoms with van der Waals surface area (Å²) in [6.07, 6.45) is 0. The highest BCUT2D eigenvalue weighted by Gasteiger charge is 2.37. The molecule has 0 aliphatic heterocycles. The van der Waals surface area contributed by atoms with E-state index in [0.29, 0.717) is 0 Å². The smallest absolute Gasteiger partial charge is 0.351 e. The number of nitro benzene ring substituents is 1. The van der Waals surface area contributed by atoms with Crippen LogP contribution in [0.3, 0.4) is 0 Å². The zero-order valence-corrected chi connectivity index (χ0v) is 14.0. The second kappa shape index (κ2) is 7.33. The van der Waals surface area contributed by atoms with E-state index in [-0.39, 0.29) is 34.7 Å². The Balaban J connectivity index is 3.36. The molecule has 0 aromatic heterocycles. The van der Waals surface area contributed by atoms with E-state index in [4.69, 9.17) is 14.8 Å². The predicted octanol–water partition coefficient (Wildman–Crippen LogP) is 3.29. The zero-order chi connectivity index (χ0) is 16.2. The van der Waals surface area contributed by atoms with Gasteiger partial charge in [-0.25, -0.2) is 0 Å². The largest absolute Gasteiger partial charge is 0.506 e. The number of nitro groups is 1. The molecule has 0 aliphatic carbocycles. The first-order valence-electron chi connectivity index (χ1n) is 6.08. The monoisotopic (exact) mass is 382 g/mol. The first-order chi connectivity index (χ1) is 9.76. The Labute approximate surface area is 130 Å². The molecule has 10 heteroatoms. The number of phenols is 1. The average molecular weight is 383 g/mol. The van der Waals surface area contributed by atoms with Crippen molar-refractivity contribution >= 4 is 29.2 Å². The first-order valence-corrected chi connectivity index (χ1v) is 8.48. The van der Waals surface area contributed by atoms with Gasteiger partial charge in [0.15, 0.2) is 0 Å². The van der Waals surface area contributed by atoms with Gasteiger partial charge in [0.1, 0.15) is 11.5 Å². The molecule has 1 atom stereocenters. The minimum atomic E-state index is -3.75. The van der Waals surface area contributed by atoms with Crippen molar-refractivity contribution in [2.24, 2.45) is 5.73 Å². The zero-order valence-electron chi connectivity index (χ0n) is 11.5. The van der Waals surface area contributed by atoms with Gasteiger partial charge in [-0.15, -0.1) is 0 Å². The predicted molar refractivity (Wildman–Crippen MR) is 80.2 cm³/mol. The number of rotatable bonds is 7. The summed E-state index contributed by atoms with van der Waals surface area (Å²) in [7, 11) is -3.75. The number of aromatic hydroxyl groups is 1. The molecule has 21 heavy (non-hydrogen) atoms. The van der Waals surface area contributed by atoms with Gasteiger partial charge in [0, 0.05) is 17.7 Å². The summed E-state index contributed by atoms with van der Waals surface area (Å²) in [6, 6.07) is 2.17. The van der Waals surface area contributed by atoms with Crippen LogP contribution in [0.2, 0.25) is 0 Å². The Hall–Kier alpha value is -0.990. The first kappa shape index (κ1) is 18.1. The normalized spacial score (nSPS) is 13.1. The molecule has 8 nitrogen and oxygen atoms in total. The van der Waals surface area contributed by atoms with Gasteiger partial charge in [0.05, 0.1) is 22.6 Å². The van der Waals surface area contributed by atoms with Crippen molar-refractivity contribution in [2.75, 3.05) is 13.2 Å². The van der Waals surface area contributed by atoms with Crippen molar-refractivity contribution in [1.82, 2.24) is 0 Å².